The van der Waals surface area contributed by atoms with Crippen molar-refractivity contribution in [2.75, 3.05) is 14.2 Å². The minimum absolute atomic E-state index is 0.792. The zero-order valence-corrected chi connectivity index (χ0v) is 13.8. The van der Waals surface area contributed by atoms with Crippen molar-refractivity contribution in [3.63, 3.8) is 0 Å². The van der Waals surface area contributed by atoms with Crippen molar-refractivity contribution in [1.29, 1.82) is 0 Å². The van der Waals surface area contributed by atoms with Crippen molar-refractivity contribution in [3.8, 4) is 11.5 Å². The molecule has 0 heterocycles. The number of nitrogens with zero attached hydrogens (tertiary/aromatic N) is 2. The fraction of sp³-hybridized carbons (Fsp3) is 0.125. The number of hydrogen-bond donors (Lipinski definition) is 0. The maximum absolute atomic E-state index is 4.96. The lowest BCUT2D eigenvalue weighted by molar-refractivity contribution is 0.415. The second kappa shape index (κ2) is 10.4. The van der Waals surface area contributed by atoms with E-state index < -0.39 is 0 Å². The molecule has 0 N–H and O–H groups in total. The zero-order chi connectivity index (χ0) is 16.2. The average molecular weight is 330 g/mol. The largest absolute Gasteiger partial charge is 0.497 e. The highest BCUT2D eigenvalue weighted by molar-refractivity contribution is 7.78. The van der Waals surface area contributed by atoms with E-state index >= 15 is 0 Å². The molecule has 0 spiro atoms. The van der Waals surface area contributed by atoms with Gasteiger partial charge in [-0.05, 0) is 73.0 Å². The molecule has 112 valence electrons. The Morgan fingerprint density at radius 3 is 1.23 bits per heavy atom. The first-order valence-corrected chi connectivity index (χ1v) is 6.99. The van der Waals surface area contributed by atoms with E-state index in [1.54, 1.807) is 14.2 Å². The molecule has 0 aliphatic carbocycles. The predicted octanol–water partition coefficient (Wildman–Crippen LogP) is 4.86. The van der Waals surface area contributed by atoms with Crippen LogP contribution in [0.3, 0.4) is 0 Å². The Labute approximate surface area is 140 Å². The van der Waals surface area contributed by atoms with E-state index in [1.165, 1.54) is 0 Å². The molecule has 0 bridgehead atoms. The van der Waals surface area contributed by atoms with Crippen LogP contribution in [0.5, 0.6) is 11.5 Å². The third-order valence-corrected chi connectivity index (χ3v) is 2.68. The van der Waals surface area contributed by atoms with Crippen molar-refractivity contribution in [3.05, 3.63) is 48.5 Å². The molecule has 2 aromatic rings. The van der Waals surface area contributed by atoms with Gasteiger partial charge in [-0.15, -0.1) is 0 Å². The van der Waals surface area contributed by atoms with Gasteiger partial charge >= 0.3 is 0 Å². The lowest BCUT2D eigenvalue weighted by Gasteiger charge is -1.96. The molecule has 2 rings (SSSR count). The molecular weight excluding hydrogens is 316 g/mol. The number of isothiocyanates is 2. The Balaban J connectivity index is 0.000000220. The highest BCUT2D eigenvalue weighted by atomic mass is 32.1. The topological polar surface area (TPSA) is 43.2 Å². The Morgan fingerprint density at radius 1 is 0.682 bits per heavy atom. The van der Waals surface area contributed by atoms with Crippen molar-refractivity contribution in [2.45, 2.75) is 0 Å². The molecule has 2 aromatic carbocycles. The summed E-state index contributed by atoms with van der Waals surface area (Å²) in [6, 6.07) is 14.6. The minimum Gasteiger partial charge on any atom is -0.497 e. The summed E-state index contributed by atoms with van der Waals surface area (Å²) in [7, 11) is 3.24. The first-order valence-electron chi connectivity index (χ1n) is 6.17. The van der Waals surface area contributed by atoms with Crippen LogP contribution in [0.25, 0.3) is 0 Å². The molecule has 0 saturated heterocycles. The van der Waals surface area contributed by atoms with Crippen molar-refractivity contribution in [1.82, 2.24) is 0 Å². The normalized spacial score (nSPS) is 8.45. The number of methoxy groups -OCH3 is 2. The van der Waals surface area contributed by atoms with Gasteiger partial charge in [-0.2, -0.15) is 9.98 Å². The highest BCUT2D eigenvalue weighted by Crippen LogP contribution is 2.17. The molecule has 0 unspecified atom stereocenters. The Bertz CT molecular complexity index is 611. The summed E-state index contributed by atoms with van der Waals surface area (Å²) in [6.45, 7) is 0. The third kappa shape index (κ3) is 6.39. The van der Waals surface area contributed by atoms with Gasteiger partial charge in [0.1, 0.15) is 11.5 Å². The van der Waals surface area contributed by atoms with Gasteiger partial charge in [0, 0.05) is 0 Å². The molecule has 0 atom stereocenters. The molecule has 0 aliphatic heterocycles. The lowest BCUT2D eigenvalue weighted by atomic mass is 10.3. The SMILES string of the molecule is COc1ccc(N=C=S)cc1.COc1ccc(N=C=S)cc1. The van der Waals surface area contributed by atoms with Crippen LogP contribution in [0.1, 0.15) is 0 Å². The summed E-state index contributed by atoms with van der Waals surface area (Å²) in [5.74, 6) is 1.63. The summed E-state index contributed by atoms with van der Waals surface area (Å²) in [5, 5.41) is 4.58. The van der Waals surface area contributed by atoms with Gasteiger partial charge in [0.15, 0.2) is 0 Å². The number of hydrogen-bond acceptors (Lipinski definition) is 6. The number of aliphatic imine (C=N–C) groups is 2. The van der Waals surface area contributed by atoms with E-state index in [-0.39, 0.29) is 0 Å². The number of ether oxygens (including phenoxy) is 2. The van der Waals surface area contributed by atoms with Crippen LogP contribution in [-0.2, 0) is 0 Å². The van der Waals surface area contributed by atoms with Gasteiger partial charge in [-0.25, -0.2) is 0 Å². The van der Waals surface area contributed by atoms with E-state index in [9.17, 15) is 0 Å². The smallest absolute Gasteiger partial charge is 0.119 e. The molecule has 4 nitrogen and oxygen atoms in total. The van der Waals surface area contributed by atoms with E-state index in [1.807, 2.05) is 48.5 Å². The maximum atomic E-state index is 4.96. The predicted molar refractivity (Wildman–Crippen MR) is 95.4 cm³/mol. The summed E-state index contributed by atoms with van der Waals surface area (Å²) in [5.41, 5.74) is 1.58. The summed E-state index contributed by atoms with van der Waals surface area (Å²) >= 11 is 8.89. The van der Waals surface area contributed by atoms with Gasteiger partial charge in [-0.1, -0.05) is 0 Å². The van der Waals surface area contributed by atoms with Gasteiger partial charge in [0.2, 0.25) is 0 Å². The number of benzene rings is 2. The van der Waals surface area contributed by atoms with Crippen LogP contribution in [-0.4, -0.2) is 24.5 Å². The van der Waals surface area contributed by atoms with Crippen LogP contribution in [0.15, 0.2) is 58.5 Å². The van der Waals surface area contributed by atoms with Crippen LogP contribution in [0.2, 0.25) is 0 Å². The molecule has 22 heavy (non-hydrogen) atoms. The first kappa shape index (κ1) is 17.7. The Hall–Kier alpha value is -2.36. The fourth-order valence-corrected chi connectivity index (χ4v) is 1.63. The molecule has 0 aliphatic rings. The Kier molecular flexibility index (Phi) is 8.35. The van der Waals surface area contributed by atoms with Crippen LogP contribution in [0, 0.1) is 0 Å². The molecule has 0 saturated carbocycles. The van der Waals surface area contributed by atoms with Crippen molar-refractivity contribution >= 4 is 46.1 Å². The number of rotatable bonds is 4. The average Bonchev–Trinajstić information content (AvgIpc) is 2.57. The lowest BCUT2D eigenvalue weighted by Crippen LogP contribution is -1.79. The van der Waals surface area contributed by atoms with E-state index in [0.29, 0.717) is 0 Å². The molecule has 0 amide bonds. The highest BCUT2D eigenvalue weighted by Gasteiger charge is 1.90. The van der Waals surface area contributed by atoms with Gasteiger partial charge in [-0.3, -0.25) is 0 Å². The zero-order valence-electron chi connectivity index (χ0n) is 12.1. The first-order chi connectivity index (χ1) is 10.7. The van der Waals surface area contributed by atoms with Crippen LogP contribution < -0.4 is 9.47 Å². The molecule has 0 radical (unpaired) electrons. The molecular formula is C16H14N2O2S2. The number of thiocarbonyl (C=S) groups is 2. The van der Waals surface area contributed by atoms with E-state index in [2.05, 4.69) is 44.7 Å². The molecule has 0 fully saturated rings. The summed E-state index contributed by atoms with van der Waals surface area (Å²) in [4.78, 5) is 7.58. The maximum Gasteiger partial charge on any atom is 0.119 e. The van der Waals surface area contributed by atoms with Gasteiger partial charge in [0.25, 0.3) is 0 Å². The third-order valence-electron chi connectivity index (χ3n) is 2.49. The quantitative estimate of drug-likeness (QED) is 0.593. The van der Waals surface area contributed by atoms with Gasteiger partial charge in [0.05, 0.1) is 35.9 Å². The van der Waals surface area contributed by atoms with Crippen molar-refractivity contribution in [2.24, 2.45) is 9.98 Å². The van der Waals surface area contributed by atoms with E-state index in [0.717, 1.165) is 22.9 Å². The van der Waals surface area contributed by atoms with E-state index in [4.69, 9.17) is 9.47 Å². The monoisotopic (exact) mass is 330 g/mol. The second-order valence-electron chi connectivity index (χ2n) is 3.80. The Morgan fingerprint density at radius 2 is 1.00 bits per heavy atom. The van der Waals surface area contributed by atoms with Gasteiger partial charge < -0.3 is 9.47 Å². The molecule has 0 aromatic heterocycles. The summed E-state index contributed by atoms with van der Waals surface area (Å²) in [6.07, 6.45) is 0. The minimum atomic E-state index is 0.792. The van der Waals surface area contributed by atoms with Crippen molar-refractivity contribution < 1.29 is 9.47 Å². The second-order valence-corrected chi connectivity index (χ2v) is 4.17. The van der Waals surface area contributed by atoms with Crippen LogP contribution in [0.4, 0.5) is 11.4 Å². The van der Waals surface area contributed by atoms with Crippen LogP contribution >= 0.6 is 24.4 Å². The standard InChI is InChI=1S/2C8H7NOS/c2*1-10-8-4-2-7(3-5-8)9-6-11/h2*2-5H,1H3. The summed E-state index contributed by atoms with van der Waals surface area (Å²) < 4.78 is 9.92. The molecule has 6 heteroatoms. The fourth-order valence-electron chi connectivity index (χ4n) is 1.42.